The number of halogens is 2. The smallest absolute Gasteiger partial charge is 0.160 e. The minimum atomic E-state index is 0.427. The maximum atomic E-state index is 6.05. The summed E-state index contributed by atoms with van der Waals surface area (Å²) in [5, 5.41) is 5.35. The topological polar surface area (TPSA) is 56.7 Å². The van der Waals surface area contributed by atoms with Gasteiger partial charge in [-0.3, -0.25) is 0 Å². The van der Waals surface area contributed by atoms with Crippen molar-refractivity contribution in [2.75, 3.05) is 5.73 Å². The van der Waals surface area contributed by atoms with Crippen LogP contribution in [-0.2, 0) is 13.5 Å². The highest BCUT2D eigenvalue weighted by Gasteiger charge is 2.15. The molecule has 2 aromatic rings. The molecule has 2 rings (SSSR count). The van der Waals surface area contributed by atoms with Crippen molar-refractivity contribution in [1.29, 1.82) is 0 Å². The molecule has 0 radical (unpaired) electrons. The van der Waals surface area contributed by atoms with Gasteiger partial charge in [0.2, 0.25) is 0 Å². The third-order valence-corrected chi connectivity index (χ3v) is 3.26. The molecule has 102 valence electrons. The summed E-state index contributed by atoms with van der Waals surface area (Å²) in [6, 6.07) is 3.37. The summed E-state index contributed by atoms with van der Waals surface area (Å²) in [5.41, 5.74) is 7.17. The second-order valence-electron chi connectivity index (χ2n) is 4.92. The molecule has 0 aliphatic carbocycles. The van der Waals surface area contributed by atoms with Crippen molar-refractivity contribution in [3.05, 3.63) is 28.0 Å². The predicted molar refractivity (Wildman–Crippen MR) is 79.4 cm³/mol. The highest BCUT2D eigenvalue weighted by Crippen LogP contribution is 2.33. The second kappa shape index (κ2) is 5.39. The van der Waals surface area contributed by atoms with Crippen molar-refractivity contribution in [2.45, 2.75) is 20.3 Å². The molecule has 2 N–H and O–H groups in total. The van der Waals surface area contributed by atoms with E-state index in [1.165, 1.54) is 0 Å². The maximum Gasteiger partial charge on any atom is 0.160 e. The highest BCUT2D eigenvalue weighted by atomic mass is 35.5. The third-order valence-electron chi connectivity index (χ3n) is 2.73. The lowest BCUT2D eigenvalue weighted by Crippen LogP contribution is -1.99. The van der Waals surface area contributed by atoms with Crippen LogP contribution < -0.4 is 5.73 Å². The lowest BCUT2D eigenvalue weighted by molar-refractivity contribution is 0.613. The number of benzene rings is 1. The summed E-state index contributed by atoms with van der Waals surface area (Å²) < 4.78 is 1.70. The van der Waals surface area contributed by atoms with Gasteiger partial charge in [-0.25, -0.2) is 9.67 Å². The van der Waals surface area contributed by atoms with Gasteiger partial charge in [0.05, 0.1) is 10.7 Å². The molecule has 0 fully saturated rings. The molecule has 1 aromatic heterocycles. The number of aryl methyl sites for hydroxylation is 1. The zero-order chi connectivity index (χ0) is 14.2. The van der Waals surface area contributed by atoms with Gasteiger partial charge < -0.3 is 5.73 Å². The summed E-state index contributed by atoms with van der Waals surface area (Å²) in [6.45, 7) is 4.25. The number of anilines is 1. The number of nitrogens with zero attached hydrogens (tertiary/aromatic N) is 3. The first-order chi connectivity index (χ1) is 8.88. The van der Waals surface area contributed by atoms with Crippen molar-refractivity contribution >= 4 is 28.9 Å². The largest absolute Gasteiger partial charge is 0.397 e. The number of hydrogen-bond acceptors (Lipinski definition) is 3. The van der Waals surface area contributed by atoms with E-state index in [-0.39, 0.29) is 0 Å². The Bertz CT molecular complexity index is 605. The quantitative estimate of drug-likeness (QED) is 0.881. The lowest BCUT2D eigenvalue weighted by Gasteiger charge is -2.07. The molecule has 0 unspecified atom stereocenters. The fraction of sp³-hybridized carbons (Fsp3) is 0.385. The van der Waals surface area contributed by atoms with E-state index in [9.17, 15) is 0 Å². The zero-order valence-corrected chi connectivity index (χ0v) is 12.6. The molecule has 0 atom stereocenters. The van der Waals surface area contributed by atoms with E-state index in [2.05, 4.69) is 23.9 Å². The Labute approximate surface area is 122 Å². The lowest BCUT2D eigenvalue weighted by atomic mass is 10.1. The van der Waals surface area contributed by atoms with Gasteiger partial charge in [-0.1, -0.05) is 37.0 Å². The number of rotatable bonds is 3. The minimum Gasteiger partial charge on any atom is -0.397 e. The van der Waals surface area contributed by atoms with Crippen molar-refractivity contribution < 1.29 is 0 Å². The molecule has 0 spiro atoms. The molecule has 1 aromatic carbocycles. The molecule has 6 heteroatoms. The van der Waals surface area contributed by atoms with E-state index in [0.29, 0.717) is 33.0 Å². The van der Waals surface area contributed by atoms with Gasteiger partial charge >= 0.3 is 0 Å². The first-order valence-electron chi connectivity index (χ1n) is 6.03. The summed E-state index contributed by atoms with van der Waals surface area (Å²) in [6.07, 6.45) is 0.821. The van der Waals surface area contributed by atoms with Crippen LogP contribution in [0, 0.1) is 5.92 Å². The molecule has 0 amide bonds. The molecular formula is C13H16Cl2N4. The molecule has 0 saturated carbocycles. The fourth-order valence-electron chi connectivity index (χ4n) is 1.89. The van der Waals surface area contributed by atoms with Gasteiger partial charge in [-0.05, 0) is 18.1 Å². The highest BCUT2D eigenvalue weighted by molar-refractivity contribution is 6.37. The van der Waals surface area contributed by atoms with Gasteiger partial charge in [0, 0.05) is 24.1 Å². The van der Waals surface area contributed by atoms with Crippen molar-refractivity contribution in [1.82, 2.24) is 14.8 Å². The zero-order valence-electron chi connectivity index (χ0n) is 11.1. The third kappa shape index (κ3) is 3.01. The van der Waals surface area contributed by atoms with Gasteiger partial charge in [-0.2, -0.15) is 5.10 Å². The number of nitrogens with two attached hydrogens (primary N) is 1. The first kappa shape index (κ1) is 14.2. The summed E-state index contributed by atoms with van der Waals surface area (Å²) >= 11 is 12.1. The van der Waals surface area contributed by atoms with Crippen LogP contribution in [0.4, 0.5) is 5.69 Å². The fourth-order valence-corrected chi connectivity index (χ4v) is 2.39. The monoisotopic (exact) mass is 298 g/mol. The van der Waals surface area contributed by atoms with E-state index < -0.39 is 0 Å². The van der Waals surface area contributed by atoms with Crippen LogP contribution in [0.25, 0.3) is 11.4 Å². The van der Waals surface area contributed by atoms with E-state index in [1.54, 1.807) is 16.8 Å². The Kier molecular flexibility index (Phi) is 4.02. The van der Waals surface area contributed by atoms with Crippen LogP contribution in [0.1, 0.15) is 19.7 Å². The SMILES string of the molecule is CC(C)Cc1nc(-c2cc(Cl)cc(Cl)c2N)n(C)n1. The van der Waals surface area contributed by atoms with Gasteiger partial charge in [0.25, 0.3) is 0 Å². The Morgan fingerprint density at radius 2 is 2.00 bits per heavy atom. The average Bonchev–Trinajstić information content (AvgIpc) is 2.63. The van der Waals surface area contributed by atoms with Gasteiger partial charge in [0.15, 0.2) is 11.6 Å². The van der Waals surface area contributed by atoms with Crippen molar-refractivity contribution in [3.8, 4) is 11.4 Å². The molecule has 0 aliphatic rings. The molecule has 0 bridgehead atoms. The van der Waals surface area contributed by atoms with Crippen LogP contribution in [0.3, 0.4) is 0 Å². The Hall–Kier alpha value is -1.26. The van der Waals surface area contributed by atoms with E-state index in [1.807, 2.05) is 7.05 Å². The second-order valence-corrected chi connectivity index (χ2v) is 5.77. The van der Waals surface area contributed by atoms with Crippen molar-refractivity contribution in [2.24, 2.45) is 13.0 Å². The summed E-state index contributed by atoms with van der Waals surface area (Å²) in [5.74, 6) is 1.97. The van der Waals surface area contributed by atoms with Crippen LogP contribution in [0.2, 0.25) is 10.0 Å². The Balaban J connectivity index is 2.50. The van der Waals surface area contributed by atoms with Crippen LogP contribution in [0.5, 0.6) is 0 Å². The van der Waals surface area contributed by atoms with E-state index in [4.69, 9.17) is 28.9 Å². The van der Waals surface area contributed by atoms with Crippen LogP contribution in [0.15, 0.2) is 12.1 Å². The number of hydrogen-bond donors (Lipinski definition) is 1. The predicted octanol–water partition coefficient (Wildman–Crippen LogP) is 3.57. The Morgan fingerprint density at radius 1 is 1.32 bits per heavy atom. The average molecular weight is 299 g/mol. The number of aromatic nitrogens is 3. The first-order valence-corrected chi connectivity index (χ1v) is 6.79. The summed E-state index contributed by atoms with van der Waals surface area (Å²) in [4.78, 5) is 4.52. The standard InChI is InChI=1S/C13H16Cl2N4/c1-7(2)4-11-17-13(19(3)18-11)9-5-8(14)6-10(15)12(9)16/h5-7H,4,16H2,1-3H3. The molecular weight excluding hydrogens is 283 g/mol. The maximum absolute atomic E-state index is 6.05. The minimum absolute atomic E-state index is 0.427. The van der Waals surface area contributed by atoms with Crippen molar-refractivity contribution in [3.63, 3.8) is 0 Å². The molecule has 4 nitrogen and oxygen atoms in total. The van der Waals surface area contributed by atoms with Gasteiger partial charge in [0.1, 0.15) is 0 Å². The summed E-state index contributed by atoms with van der Waals surface area (Å²) in [7, 11) is 1.83. The number of nitrogen functional groups attached to an aromatic ring is 1. The normalized spacial score (nSPS) is 11.3. The van der Waals surface area contributed by atoms with E-state index in [0.717, 1.165) is 12.2 Å². The molecule has 19 heavy (non-hydrogen) atoms. The molecule has 0 aliphatic heterocycles. The molecule has 0 saturated heterocycles. The van der Waals surface area contributed by atoms with E-state index >= 15 is 0 Å². The van der Waals surface area contributed by atoms with Gasteiger partial charge in [-0.15, -0.1) is 0 Å². The molecule has 1 heterocycles. The van der Waals surface area contributed by atoms with Crippen LogP contribution >= 0.6 is 23.2 Å². The Morgan fingerprint density at radius 3 is 2.63 bits per heavy atom. The van der Waals surface area contributed by atoms with Crippen LogP contribution in [-0.4, -0.2) is 14.8 Å².